The second-order valence-electron chi connectivity index (χ2n) is 2.31. The van der Waals surface area contributed by atoms with E-state index in [1.807, 2.05) is 0 Å². The van der Waals surface area contributed by atoms with E-state index in [0.717, 1.165) is 0 Å². The lowest BCUT2D eigenvalue weighted by Gasteiger charge is -2.01. The van der Waals surface area contributed by atoms with Gasteiger partial charge in [-0.15, -0.1) is 0 Å². The van der Waals surface area contributed by atoms with Gasteiger partial charge in [-0.2, -0.15) is 0 Å². The van der Waals surface area contributed by atoms with Crippen molar-refractivity contribution in [2.45, 2.75) is 6.43 Å². The van der Waals surface area contributed by atoms with Crippen LogP contribution in [0.15, 0.2) is 10.9 Å². The zero-order valence-corrected chi connectivity index (χ0v) is 8.62. The molecule has 0 aromatic carbocycles. The van der Waals surface area contributed by atoms with Crippen LogP contribution in [0.1, 0.15) is 12.0 Å². The van der Waals surface area contributed by atoms with E-state index in [1.165, 1.54) is 22.6 Å². The highest BCUT2D eigenvalue weighted by Gasteiger charge is 2.25. The number of nitro groups is 1. The smallest absolute Gasteiger partial charge is 0.308 e. The molecule has 0 fully saturated rings. The molecule has 0 spiro atoms. The van der Waals surface area contributed by atoms with Crippen LogP contribution in [0.5, 0.6) is 0 Å². The van der Waals surface area contributed by atoms with Gasteiger partial charge in [-0.3, -0.25) is 14.9 Å². The summed E-state index contributed by atoms with van der Waals surface area (Å²) in [4.78, 5) is 22.3. The molecule has 1 rings (SSSR count). The first kappa shape index (κ1) is 11.0. The van der Waals surface area contributed by atoms with Gasteiger partial charge in [-0.25, -0.2) is 8.78 Å². The summed E-state index contributed by atoms with van der Waals surface area (Å²) >= 11 is 1.43. The average molecular weight is 316 g/mol. The molecule has 1 aromatic rings. The third-order valence-corrected chi connectivity index (χ3v) is 2.20. The van der Waals surface area contributed by atoms with E-state index in [0.29, 0.717) is 6.07 Å². The maximum Gasteiger partial charge on any atom is 0.308 e. The van der Waals surface area contributed by atoms with Crippen LogP contribution in [0.3, 0.4) is 0 Å². The molecule has 0 atom stereocenters. The Balaban J connectivity index is 3.52. The second kappa shape index (κ2) is 3.98. The highest BCUT2D eigenvalue weighted by Crippen LogP contribution is 2.29. The van der Waals surface area contributed by atoms with Crippen molar-refractivity contribution in [2.75, 3.05) is 0 Å². The predicted octanol–water partition coefficient (Wildman–Crippen LogP) is 1.83. The van der Waals surface area contributed by atoms with Gasteiger partial charge in [0.1, 0.15) is 5.56 Å². The van der Waals surface area contributed by atoms with E-state index in [4.69, 9.17) is 0 Å². The van der Waals surface area contributed by atoms with E-state index in [-0.39, 0.29) is 3.70 Å². The third kappa shape index (κ3) is 2.05. The Labute approximate surface area is 89.4 Å². The van der Waals surface area contributed by atoms with Crippen LogP contribution in [0, 0.1) is 13.8 Å². The molecule has 14 heavy (non-hydrogen) atoms. The minimum Gasteiger partial charge on any atom is -0.312 e. The van der Waals surface area contributed by atoms with Crippen molar-refractivity contribution in [3.63, 3.8) is 0 Å². The number of hydrogen-bond acceptors (Lipinski definition) is 3. The summed E-state index contributed by atoms with van der Waals surface area (Å²) in [5, 5.41) is 10.4. The maximum atomic E-state index is 12.3. The maximum absolute atomic E-state index is 12.3. The van der Waals surface area contributed by atoms with Crippen LogP contribution in [-0.2, 0) is 0 Å². The van der Waals surface area contributed by atoms with Gasteiger partial charge in [0.15, 0.2) is 3.70 Å². The summed E-state index contributed by atoms with van der Waals surface area (Å²) in [7, 11) is 0. The molecule has 8 heteroatoms. The number of H-pyrrole nitrogens is 1. The third-order valence-electron chi connectivity index (χ3n) is 1.42. The molecule has 5 nitrogen and oxygen atoms in total. The number of aromatic amines is 1. The van der Waals surface area contributed by atoms with Crippen molar-refractivity contribution in [2.24, 2.45) is 0 Å². The lowest BCUT2D eigenvalue weighted by atomic mass is 10.2. The monoisotopic (exact) mass is 316 g/mol. The summed E-state index contributed by atoms with van der Waals surface area (Å²) in [6.45, 7) is 0. The molecular weight excluding hydrogens is 313 g/mol. The molecule has 0 aliphatic carbocycles. The number of nitrogens with one attached hydrogen (secondary N) is 1. The number of nitrogens with zero attached hydrogens (tertiary/aromatic N) is 1. The van der Waals surface area contributed by atoms with Crippen LogP contribution < -0.4 is 5.56 Å². The van der Waals surface area contributed by atoms with Gasteiger partial charge >= 0.3 is 5.69 Å². The molecule has 0 amide bonds. The van der Waals surface area contributed by atoms with Gasteiger partial charge in [-0.1, -0.05) is 0 Å². The number of halogens is 3. The van der Waals surface area contributed by atoms with E-state index in [9.17, 15) is 23.7 Å². The van der Waals surface area contributed by atoms with E-state index >= 15 is 0 Å². The minimum absolute atomic E-state index is 0.199. The molecule has 0 saturated heterocycles. The fourth-order valence-corrected chi connectivity index (χ4v) is 1.67. The summed E-state index contributed by atoms with van der Waals surface area (Å²) in [5.41, 5.74) is -2.39. The standard InChI is InChI=1S/C6H3F2IN2O3/c7-5(8)2-1-3(12)10-6(9)4(2)11(13)14/h1,5H,(H,10,12). The Morgan fingerprint density at radius 1 is 1.57 bits per heavy atom. The summed E-state index contributed by atoms with van der Waals surface area (Å²) in [5.74, 6) is 0. The van der Waals surface area contributed by atoms with E-state index < -0.39 is 28.2 Å². The summed E-state index contributed by atoms with van der Waals surface area (Å²) < 4.78 is 24.4. The van der Waals surface area contributed by atoms with Crippen molar-refractivity contribution >= 4 is 28.3 Å². The SMILES string of the molecule is O=c1cc(C(F)F)c([N+](=O)[O-])c(I)[nH]1. The first-order chi connectivity index (χ1) is 6.43. The van der Waals surface area contributed by atoms with Gasteiger partial charge in [0.2, 0.25) is 5.56 Å². The Kier molecular flexibility index (Phi) is 3.13. The number of aromatic nitrogens is 1. The number of pyridine rings is 1. The van der Waals surface area contributed by atoms with Crippen LogP contribution in [0.2, 0.25) is 0 Å². The minimum atomic E-state index is -3.04. The van der Waals surface area contributed by atoms with E-state index in [1.54, 1.807) is 0 Å². The average Bonchev–Trinajstić information content (AvgIpc) is 2.01. The molecule has 0 bridgehead atoms. The molecule has 0 radical (unpaired) electrons. The fraction of sp³-hybridized carbons (Fsp3) is 0.167. The Bertz CT molecular complexity index is 432. The number of alkyl halides is 2. The zero-order chi connectivity index (χ0) is 10.9. The summed E-state index contributed by atoms with van der Waals surface area (Å²) in [6.07, 6.45) is -3.04. The normalized spacial score (nSPS) is 10.6. The van der Waals surface area contributed by atoms with Crippen LogP contribution >= 0.6 is 22.6 Å². The number of hydrogen-bond donors (Lipinski definition) is 1. The van der Waals surface area contributed by atoms with Gasteiger partial charge in [0.25, 0.3) is 6.43 Å². The van der Waals surface area contributed by atoms with Crippen molar-refractivity contribution in [1.82, 2.24) is 4.98 Å². The van der Waals surface area contributed by atoms with Crippen LogP contribution in [0.25, 0.3) is 0 Å². The lowest BCUT2D eigenvalue weighted by Crippen LogP contribution is -2.12. The zero-order valence-electron chi connectivity index (χ0n) is 6.46. The molecule has 0 unspecified atom stereocenters. The molecular formula is C6H3F2IN2O3. The first-order valence-corrected chi connectivity index (χ1v) is 4.36. The Hall–Kier alpha value is -1.06. The first-order valence-electron chi connectivity index (χ1n) is 3.28. The highest BCUT2D eigenvalue weighted by atomic mass is 127. The quantitative estimate of drug-likeness (QED) is 0.391. The lowest BCUT2D eigenvalue weighted by molar-refractivity contribution is -0.387. The van der Waals surface area contributed by atoms with E-state index in [2.05, 4.69) is 4.98 Å². The topological polar surface area (TPSA) is 76.0 Å². The highest BCUT2D eigenvalue weighted by molar-refractivity contribution is 14.1. The predicted molar refractivity (Wildman–Crippen MR) is 51.4 cm³/mol. The fourth-order valence-electron chi connectivity index (χ4n) is 0.892. The number of rotatable bonds is 2. The molecule has 0 saturated carbocycles. The molecule has 0 aliphatic rings. The summed E-state index contributed by atoms with van der Waals surface area (Å²) in [6, 6.07) is 0.533. The Morgan fingerprint density at radius 3 is 2.57 bits per heavy atom. The Morgan fingerprint density at radius 2 is 2.14 bits per heavy atom. The molecule has 0 aliphatic heterocycles. The van der Waals surface area contributed by atoms with Crippen molar-refractivity contribution in [3.8, 4) is 0 Å². The molecule has 76 valence electrons. The van der Waals surface area contributed by atoms with Gasteiger partial charge in [-0.05, 0) is 22.6 Å². The van der Waals surface area contributed by atoms with Crippen LogP contribution in [0.4, 0.5) is 14.5 Å². The largest absolute Gasteiger partial charge is 0.312 e. The van der Waals surface area contributed by atoms with Crippen molar-refractivity contribution in [1.29, 1.82) is 0 Å². The van der Waals surface area contributed by atoms with Crippen molar-refractivity contribution < 1.29 is 13.7 Å². The van der Waals surface area contributed by atoms with Gasteiger partial charge in [0.05, 0.1) is 4.92 Å². The van der Waals surface area contributed by atoms with Gasteiger partial charge < -0.3 is 4.98 Å². The second-order valence-corrected chi connectivity index (χ2v) is 3.39. The molecule has 1 N–H and O–H groups in total. The molecule has 1 aromatic heterocycles. The van der Waals surface area contributed by atoms with Gasteiger partial charge in [0, 0.05) is 6.07 Å². The van der Waals surface area contributed by atoms with Crippen molar-refractivity contribution in [3.05, 3.63) is 35.8 Å². The molecule has 1 heterocycles. The van der Waals surface area contributed by atoms with Crippen LogP contribution in [-0.4, -0.2) is 9.91 Å².